The number of piperidine rings is 1. The Bertz CT molecular complexity index is 552. The fraction of sp³-hybridized carbons (Fsp3) is 0.438. The normalized spacial score (nSPS) is 20.6. The van der Waals surface area contributed by atoms with Gasteiger partial charge in [0.05, 0.1) is 5.52 Å². The number of nitrogens with zero attached hydrogens (tertiary/aromatic N) is 2. The number of fused-ring (bicyclic) bond motifs is 1. The standard InChI is InChI=1S/C16H21N3/c1-19-10-4-5-13(12-19)11-17-16-9-8-14-6-2-3-7-15(14)18-16/h2-3,6-9,13H,4-5,10-12H2,1H3,(H,17,18). The molecule has 1 aliphatic rings. The van der Waals surface area contributed by atoms with Crippen LogP contribution in [0.3, 0.4) is 0 Å². The lowest BCUT2D eigenvalue weighted by molar-refractivity contribution is 0.217. The van der Waals surface area contributed by atoms with Crippen molar-refractivity contribution in [3.8, 4) is 0 Å². The lowest BCUT2D eigenvalue weighted by atomic mass is 9.98. The first-order valence-electron chi connectivity index (χ1n) is 7.09. The fourth-order valence-electron chi connectivity index (χ4n) is 2.85. The molecule has 1 fully saturated rings. The molecule has 3 heteroatoms. The molecule has 1 atom stereocenters. The Morgan fingerprint density at radius 2 is 2.16 bits per heavy atom. The third-order valence-electron chi connectivity index (χ3n) is 3.89. The molecule has 2 heterocycles. The zero-order valence-corrected chi connectivity index (χ0v) is 11.5. The molecule has 1 aromatic heterocycles. The third kappa shape index (κ3) is 3.04. The second-order valence-electron chi connectivity index (χ2n) is 5.54. The number of hydrogen-bond donors (Lipinski definition) is 1. The summed E-state index contributed by atoms with van der Waals surface area (Å²) in [6.45, 7) is 3.46. The van der Waals surface area contributed by atoms with Gasteiger partial charge in [-0.15, -0.1) is 0 Å². The summed E-state index contributed by atoms with van der Waals surface area (Å²) in [5.41, 5.74) is 1.06. The van der Waals surface area contributed by atoms with Crippen LogP contribution in [0.5, 0.6) is 0 Å². The van der Waals surface area contributed by atoms with E-state index < -0.39 is 0 Å². The molecule has 100 valence electrons. The first-order valence-corrected chi connectivity index (χ1v) is 7.09. The van der Waals surface area contributed by atoms with E-state index in [1.165, 1.54) is 31.3 Å². The van der Waals surface area contributed by atoms with Gasteiger partial charge in [0.1, 0.15) is 5.82 Å². The Kier molecular flexibility index (Phi) is 3.65. The van der Waals surface area contributed by atoms with E-state index in [2.05, 4.69) is 52.6 Å². The number of aromatic nitrogens is 1. The molecule has 0 bridgehead atoms. The SMILES string of the molecule is CN1CCCC(CNc2ccc3ccccc3n2)C1. The van der Waals surface area contributed by atoms with E-state index in [0.29, 0.717) is 0 Å². The fourth-order valence-corrected chi connectivity index (χ4v) is 2.85. The van der Waals surface area contributed by atoms with Crippen LogP contribution in [0.15, 0.2) is 36.4 Å². The summed E-state index contributed by atoms with van der Waals surface area (Å²) in [6.07, 6.45) is 2.64. The van der Waals surface area contributed by atoms with Crippen LogP contribution in [0, 0.1) is 5.92 Å². The lowest BCUT2D eigenvalue weighted by Gasteiger charge is -2.29. The van der Waals surface area contributed by atoms with Gasteiger partial charge in [-0.3, -0.25) is 0 Å². The Morgan fingerprint density at radius 3 is 3.05 bits per heavy atom. The Morgan fingerprint density at radius 1 is 1.26 bits per heavy atom. The van der Waals surface area contributed by atoms with Crippen LogP contribution in [0.25, 0.3) is 10.9 Å². The van der Waals surface area contributed by atoms with Crippen LogP contribution in [-0.4, -0.2) is 36.6 Å². The average molecular weight is 255 g/mol. The van der Waals surface area contributed by atoms with E-state index in [9.17, 15) is 0 Å². The second kappa shape index (κ2) is 5.57. The van der Waals surface area contributed by atoms with Crippen LogP contribution >= 0.6 is 0 Å². The smallest absolute Gasteiger partial charge is 0.126 e. The molecular formula is C16H21N3. The molecule has 3 rings (SSSR count). The van der Waals surface area contributed by atoms with Gasteiger partial charge in [0, 0.05) is 18.5 Å². The molecule has 1 aromatic carbocycles. The molecule has 2 aromatic rings. The Balaban J connectivity index is 1.64. The molecule has 3 nitrogen and oxygen atoms in total. The average Bonchev–Trinajstić information content (AvgIpc) is 2.45. The van der Waals surface area contributed by atoms with Crippen LogP contribution in [0.4, 0.5) is 5.82 Å². The van der Waals surface area contributed by atoms with Crippen LogP contribution in [0.1, 0.15) is 12.8 Å². The van der Waals surface area contributed by atoms with Crippen molar-refractivity contribution in [2.75, 3.05) is 32.0 Å². The molecule has 0 amide bonds. The van der Waals surface area contributed by atoms with Crippen molar-refractivity contribution < 1.29 is 0 Å². The monoisotopic (exact) mass is 255 g/mol. The summed E-state index contributed by atoms with van der Waals surface area (Å²) in [4.78, 5) is 7.07. The number of benzene rings is 1. The number of rotatable bonds is 3. The molecule has 1 saturated heterocycles. The summed E-state index contributed by atoms with van der Waals surface area (Å²) in [6, 6.07) is 12.5. The van der Waals surface area contributed by atoms with Gasteiger partial charge in [0.15, 0.2) is 0 Å². The van der Waals surface area contributed by atoms with Crippen molar-refractivity contribution in [2.45, 2.75) is 12.8 Å². The van der Waals surface area contributed by atoms with Crippen molar-refractivity contribution in [1.29, 1.82) is 0 Å². The summed E-state index contributed by atoms with van der Waals surface area (Å²) in [5.74, 6) is 1.74. The summed E-state index contributed by atoms with van der Waals surface area (Å²) in [7, 11) is 2.21. The topological polar surface area (TPSA) is 28.2 Å². The highest BCUT2D eigenvalue weighted by molar-refractivity contribution is 5.79. The molecule has 1 N–H and O–H groups in total. The second-order valence-corrected chi connectivity index (χ2v) is 5.54. The van der Waals surface area contributed by atoms with Crippen LogP contribution in [0.2, 0.25) is 0 Å². The van der Waals surface area contributed by atoms with E-state index in [1.54, 1.807) is 0 Å². The number of hydrogen-bond acceptors (Lipinski definition) is 3. The molecule has 0 aliphatic carbocycles. The molecule has 1 unspecified atom stereocenters. The van der Waals surface area contributed by atoms with Gasteiger partial charge in [0.2, 0.25) is 0 Å². The summed E-state index contributed by atoms with van der Waals surface area (Å²) >= 11 is 0. The summed E-state index contributed by atoms with van der Waals surface area (Å²) in [5, 5.41) is 4.69. The molecule has 19 heavy (non-hydrogen) atoms. The maximum absolute atomic E-state index is 4.65. The quantitative estimate of drug-likeness (QED) is 0.914. The minimum atomic E-state index is 0.743. The van der Waals surface area contributed by atoms with Gasteiger partial charge in [-0.1, -0.05) is 18.2 Å². The van der Waals surface area contributed by atoms with Crippen molar-refractivity contribution in [3.63, 3.8) is 0 Å². The zero-order valence-electron chi connectivity index (χ0n) is 11.5. The molecule has 0 saturated carbocycles. The van der Waals surface area contributed by atoms with E-state index >= 15 is 0 Å². The van der Waals surface area contributed by atoms with Crippen LogP contribution < -0.4 is 5.32 Å². The highest BCUT2D eigenvalue weighted by Crippen LogP contribution is 2.18. The molecule has 0 radical (unpaired) electrons. The Labute approximate surface area is 114 Å². The molecule has 0 spiro atoms. The van der Waals surface area contributed by atoms with Crippen LogP contribution in [-0.2, 0) is 0 Å². The van der Waals surface area contributed by atoms with E-state index in [-0.39, 0.29) is 0 Å². The number of nitrogens with one attached hydrogen (secondary N) is 1. The maximum atomic E-state index is 4.65. The first kappa shape index (κ1) is 12.4. The number of pyridine rings is 1. The van der Waals surface area contributed by atoms with Gasteiger partial charge in [-0.05, 0) is 50.6 Å². The van der Waals surface area contributed by atoms with Crippen molar-refractivity contribution in [2.24, 2.45) is 5.92 Å². The highest BCUT2D eigenvalue weighted by atomic mass is 15.1. The maximum Gasteiger partial charge on any atom is 0.126 e. The zero-order chi connectivity index (χ0) is 13.1. The predicted octanol–water partition coefficient (Wildman–Crippen LogP) is 2.99. The first-order chi connectivity index (χ1) is 9.31. The Hall–Kier alpha value is -1.61. The van der Waals surface area contributed by atoms with Gasteiger partial charge in [-0.2, -0.15) is 0 Å². The van der Waals surface area contributed by atoms with Crippen molar-refractivity contribution in [1.82, 2.24) is 9.88 Å². The van der Waals surface area contributed by atoms with Gasteiger partial charge < -0.3 is 10.2 Å². The van der Waals surface area contributed by atoms with E-state index in [1.807, 2.05) is 6.07 Å². The van der Waals surface area contributed by atoms with Gasteiger partial charge >= 0.3 is 0 Å². The lowest BCUT2D eigenvalue weighted by Crippen LogP contribution is -2.35. The number of likely N-dealkylation sites (tertiary alicyclic amines) is 1. The van der Waals surface area contributed by atoms with E-state index in [0.717, 1.165) is 23.8 Å². The predicted molar refractivity (Wildman–Crippen MR) is 80.5 cm³/mol. The third-order valence-corrected chi connectivity index (χ3v) is 3.89. The van der Waals surface area contributed by atoms with Gasteiger partial charge in [0.25, 0.3) is 0 Å². The van der Waals surface area contributed by atoms with Gasteiger partial charge in [-0.25, -0.2) is 4.98 Å². The van der Waals surface area contributed by atoms with Crippen molar-refractivity contribution >= 4 is 16.7 Å². The largest absolute Gasteiger partial charge is 0.370 e. The number of para-hydroxylation sites is 1. The molecule has 1 aliphatic heterocycles. The summed E-state index contributed by atoms with van der Waals surface area (Å²) < 4.78 is 0. The van der Waals surface area contributed by atoms with E-state index in [4.69, 9.17) is 0 Å². The minimum absolute atomic E-state index is 0.743. The number of anilines is 1. The van der Waals surface area contributed by atoms with Crippen molar-refractivity contribution in [3.05, 3.63) is 36.4 Å². The molecular weight excluding hydrogens is 234 g/mol. The minimum Gasteiger partial charge on any atom is -0.370 e. The highest BCUT2D eigenvalue weighted by Gasteiger charge is 2.16.